The SMILES string of the molecule is O=[N+]([O-])c1cc([N+](=O)[O-])c(NN=C(c2ccc(O)cc2)c2ccc(O)cc2)cc1Cl. The van der Waals surface area contributed by atoms with Crippen molar-refractivity contribution in [2.24, 2.45) is 5.10 Å². The van der Waals surface area contributed by atoms with Gasteiger partial charge in [0.15, 0.2) is 0 Å². The van der Waals surface area contributed by atoms with Gasteiger partial charge in [0.2, 0.25) is 0 Å². The van der Waals surface area contributed by atoms with Crippen molar-refractivity contribution in [3.05, 3.63) is 97.0 Å². The van der Waals surface area contributed by atoms with Gasteiger partial charge >= 0.3 is 5.69 Å². The number of hydrogen-bond donors (Lipinski definition) is 3. The maximum Gasteiger partial charge on any atom is 0.301 e. The molecule has 0 aliphatic rings. The number of nitrogens with one attached hydrogen (secondary N) is 1. The summed E-state index contributed by atoms with van der Waals surface area (Å²) in [6.45, 7) is 0. The van der Waals surface area contributed by atoms with Gasteiger partial charge in [0.25, 0.3) is 5.69 Å². The summed E-state index contributed by atoms with van der Waals surface area (Å²) in [4.78, 5) is 20.8. The Morgan fingerprint density at radius 1 is 0.833 bits per heavy atom. The van der Waals surface area contributed by atoms with Gasteiger partial charge in [-0.05, 0) is 54.6 Å². The molecule has 0 unspecified atom stereocenters. The van der Waals surface area contributed by atoms with Gasteiger partial charge in [-0.3, -0.25) is 25.7 Å². The number of benzene rings is 3. The number of nitro benzene ring substituents is 2. The second kappa shape index (κ2) is 8.45. The second-order valence-electron chi connectivity index (χ2n) is 6.00. The van der Waals surface area contributed by atoms with Gasteiger partial charge in [-0.2, -0.15) is 5.10 Å². The molecule has 0 bridgehead atoms. The van der Waals surface area contributed by atoms with Crippen LogP contribution in [0.5, 0.6) is 11.5 Å². The Balaban J connectivity index is 2.09. The van der Waals surface area contributed by atoms with Crippen molar-refractivity contribution in [1.82, 2.24) is 0 Å². The van der Waals surface area contributed by atoms with Crippen LogP contribution in [0.25, 0.3) is 0 Å². The molecule has 0 saturated heterocycles. The normalized spacial score (nSPS) is 10.3. The van der Waals surface area contributed by atoms with Gasteiger partial charge in [-0.1, -0.05) is 11.6 Å². The van der Waals surface area contributed by atoms with E-state index < -0.39 is 21.2 Å². The van der Waals surface area contributed by atoms with Crippen LogP contribution < -0.4 is 5.43 Å². The summed E-state index contributed by atoms with van der Waals surface area (Å²) in [6, 6.07) is 13.9. The zero-order chi connectivity index (χ0) is 21.8. The molecule has 3 aromatic carbocycles. The number of nitro groups is 2. The van der Waals surface area contributed by atoms with Crippen LogP contribution in [-0.4, -0.2) is 25.8 Å². The first-order valence-electron chi connectivity index (χ1n) is 8.31. The molecule has 30 heavy (non-hydrogen) atoms. The average molecular weight is 429 g/mol. The van der Waals surface area contributed by atoms with E-state index in [9.17, 15) is 30.4 Å². The Hall–Kier alpha value is -4.18. The van der Waals surface area contributed by atoms with E-state index >= 15 is 0 Å². The van der Waals surface area contributed by atoms with E-state index in [-0.39, 0.29) is 22.2 Å². The third-order valence-corrected chi connectivity index (χ3v) is 4.33. The minimum atomic E-state index is -0.819. The summed E-state index contributed by atoms with van der Waals surface area (Å²) in [5.74, 6) is 0.0732. The second-order valence-corrected chi connectivity index (χ2v) is 6.41. The lowest BCUT2D eigenvalue weighted by Gasteiger charge is -2.10. The minimum absolute atomic E-state index is 0.0366. The summed E-state index contributed by atoms with van der Waals surface area (Å²) < 4.78 is 0. The number of hydrazone groups is 1. The van der Waals surface area contributed by atoms with Crippen LogP contribution >= 0.6 is 11.6 Å². The lowest BCUT2D eigenvalue weighted by Crippen LogP contribution is -2.07. The molecule has 3 aromatic rings. The van der Waals surface area contributed by atoms with Gasteiger partial charge in [0.1, 0.15) is 22.2 Å². The van der Waals surface area contributed by atoms with Crippen molar-refractivity contribution >= 4 is 34.4 Å². The molecule has 0 aliphatic heterocycles. The monoisotopic (exact) mass is 428 g/mol. The first-order valence-corrected chi connectivity index (χ1v) is 8.69. The van der Waals surface area contributed by atoms with Crippen molar-refractivity contribution in [2.75, 3.05) is 5.43 Å². The van der Waals surface area contributed by atoms with Crippen molar-refractivity contribution < 1.29 is 20.1 Å². The molecule has 0 aliphatic carbocycles. The molecule has 152 valence electrons. The summed E-state index contributed by atoms with van der Waals surface area (Å²) in [5.41, 5.74) is 2.66. The fraction of sp³-hybridized carbons (Fsp3) is 0. The van der Waals surface area contributed by atoms with Crippen molar-refractivity contribution in [3.8, 4) is 11.5 Å². The zero-order valence-electron chi connectivity index (χ0n) is 15.0. The standard InChI is InChI=1S/C19H13ClN4O6/c20-15-9-16(18(24(29)30)10-17(15)23(27)28)21-22-19(11-1-5-13(25)6-2-11)12-3-7-14(26)8-4-12/h1-10,21,25-26H. The van der Waals surface area contributed by atoms with Crippen LogP contribution in [0.1, 0.15) is 11.1 Å². The molecule has 0 aromatic heterocycles. The maximum atomic E-state index is 11.4. The Labute approximate surface area is 174 Å². The molecule has 10 nitrogen and oxygen atoms in total. The van der Waals surface area contributed by atoms with Crippen LogP contribution in [0.15, 0.2) is 65.8 Å². The van der Waals surface area contributed by atoms with Gasteiger partial charge in [-0.15, -0.1) is 0 Å². The van der Waals surface area contributed by atoms with E-state index in [2.05, 4.69) is 10.5 Å². The number of rotatable bonds is 6. The molecular weight excluding hydrogens is 416 g/mol. The Kier molecular flexibility index (Phi) is 5.79. The summed E-state index contributed by atoms with van der Waals surface area (Å²) in [6.07, 6.45) is 0. The Morgan fingerprint density at radius 2 is 1.30 bits per heavy atom. The van der Waals surface area contributed by atoms with E-state index in [1.54, 1.807) is 24.3 Å². The highest BCUT2D eigenvalue weighted by molar-refractivity contribution is 6.33. The van der Waals surface area contributed by atoms with Gasteiger partial charge < -0.3 is 10.2 Å². The van der Waals surface area contributed by atoms with Crippen LogP contribution in [0.4, 0.5) is 17.1 Å². The Morgan fingerprint density at radius 3 is 1.73 bits per heavy atom. The number of phenols is 2. The topological polar surface area (TPSA) is 151 Å². The molecule has 3 N–H and O–H groups in total. The summed E-state index contributed by atoms with van der Waals surface area (Å²) in [7, 11) is 0. The fourth-order valence-corrected chi connectivity index (χ4v) is 2.81. The van der Waals surface area contributed by atoms with E-state index in [4.69, 9.17) is 11.6 Å². The summed E-state index contributed by atoms with van der Waals surface area (Å²) in [5, 5.41) is 45.3. The largest absolute Gasteiger partial charge is 0.508 e. The van der Waals surface area contributed by atoms with E-state index in [0.29, 0.717) is 16.8 Å². The third kappa shape index (κ3) is 4.45. The first kappa shape index (κ1) is 20.6. The molecular formula is C19H13ClN4O6. The van der Waals surface area contributed by atoms with Crippen LogP contribution in [-0.2, 0) is 0 Å². The molecule has 0 amide bonds. The van der Waals surface area contributed by atoms with Crippen LogP contribution in [0.3, 0.4) is 0 Å². The Bertz CT molecular complexity index is 1100. The molecule has 0 saturated carbocycles. The molecule has 0 spiro atoms. The highest BCUT2D eigenvalue weighted by Crippen LogP contribution is 2.35. The van der Waals surface area contributed by atoms with E-state index in [1.807, 2.05) is 0 Å². The van der Waals surface area contributed by atoms with Crippen LogP contribution in [0.2, 0.25) is 5.02 Å². The highest BCUT2D eigenvalue weighted by Gasteiger charge is 2.24. The molecule has 0 heterocycles. The molecule has 3 rings (SSSR count). The number of aromatic hydroxyl groups is 2. The van der Waals surface area contributed by atoms with Gasteiger partial charge in [-0.25, -0.2) is 0 Å². The average Bonchev–Trinajstić information content (AvgIpc) is 2.70. The van der Waals surface area contributed by atoms with Gasteiger partial charge in [0, 0.05) is 11.1 Å². The summed E-state index contributed by atoms with van der Waals surface area (Å²) >= 11 is 5.88. The van der Waals surface area contributed by atoms with E-state index in [0.717, 1.165) is 12.1 Å². The predicted octanol–water partition coefficient (Wildman–Crippen LogP) is 4.43. The number of hydrogen-bond acceptors (Lipinski definition) is 8. The predicted molar refractivity (Wildman–Crippen MR) is 110 cm³/mol. The lowest BCUT2D eigenvalue weighted by atomic mass is 10.0. The number of phenolic OH excluding ortho intramolecular Hbond substituents is 2. The van der Waals surface area contributed by atoms with Gasteiger partial charge in [0.05, 0.1) is 21.6 Å². The molecule has 0 atom stereocenters. The first-order chi connectivity index (χ1) is 14.3. The number of anilines is 1. The third-order valence-electron chi connectivity index (χ3n) is 4.03. The molecule has 11 heteroatoms. The lowest BCUT2D eigenvalue weighted by molar-refractivity contribution is -0.393. The maximum absolute atomic E-state index is 11.4. The smallest absolute Gasteiger partial charge is 0.301 e. The van der Waals surface area contributed by atoms with Crippen LogP contribution in [0, 0.1) is 20.2 Å². The minimum Gasteiger partial charge on any atom is -0.508 e. The van der Waals surface area contributed by atoms with Crippen molar-refractivity contribution in [2.45, 2.75) is 0 Å². The number of nitrogens with zero attached hydrogens (tertiary/aromatic N) is 3. The highest BCUT2D eigenvalue weighted by atomic mass is 35.5. The molecule has 0 fully saturated rings. The fourth-order valence-electron chi connectivity index (χ4n) is 2.58. The van der Waals surface area contributed by atoms with Crippen molar-refractivity contribution in [3.63, 3.8) is 0 Å². The zero-order valence-corrected chi connectivity index (χ0v) is 15.8. The number of halogens is 1. The van der Waals surface area contributed by atoms with E-state index in [1.165, 1.54) is 24.3 Å². The quantitative estimate of drug-likeness (QED) is 0.298. The van der Waals surface area contributed by atoms with Crippen molar-refractivity contribution in [1.29, 1.82) is 0 Å². The molecule has 0 radical (unpaired) electrons.